The highest BCUT2D eigenvalue weighted by Gasteiger charge is 2.12. The number of hydrogen-bond donors (Lipinski definition) is 1. The van der Waals surface area contributed by atoms with E-state index in [1.165, 1.54) is 5.56 Å². The largest absolute Gasteiger partial charge is 0.338 e. The molecule has 3 rings (SSSR count). The number of nitrogens with zero attached hydrogens (tertiary/aromatic N) is 5. The third-order valence-corrected chi connectivity index (χ3v) is 3.73. The maximum absolute atomic E-state index is 9.21. The fourth-order valence-corrected chi connectivity index (χ4v) is 2.53. The number of nitrogens with one attached hydrogen (secondary N) is 1. The molecule has 0 saturated carbocycles. The molecule has 0 aliphatic heterocycles. The summed E-state index contributed by atoms with van der Waals surface area (Å²) in [6.07, 6.45) is 1.54. The molecule has 0 fully saturated rings. The second-order valence-corrected chi connectivity index (χ2v) is 5.51. The molecule has 0 aliphatic rings. The van der Waals surface area contributed by atoms with Gasteiger partial charge in [-0.3, -0.25) is 0 Å². The number of hydrogen-bond acceptors (Lipinski definition) is 6. The van der Waals surface area contributed by atoms with Crippen LogP contribution in [0.15, 0.2) is 54.7 Å². The van der Waals surface area contributed by atoms with Gasteiger partial charge in [0.05, 0.1) is 17.4 Å². The molecule has 0 radical (unpaired) electrons. The number of benzene rings is 2. The molecule has 0 aliphatic carbocycles. The minimum absolute atomic E-state index is 0.507. The Labute approximate surface area is 146 Å². The lowest BCUT2D eigenvalue weighted by molar-refractivity contribution is 0.886. The Morgan fingerprint density at radius 3 is 2.76 bits per heavy atom. The Morgan fingerprint density at radius 1 is 1.16 bits per heavy atom. The zero-order valence-corrected chi connectivity index (χ0v) is 14.1. The predicted octanol–water partition coefficient (Wildman–Crippen LogP) is 3.95. The average Bonchev–Trinajstić information content (AvgIpc) is 2.63. The van der Waals surface area contributed by atoms with Crippen molar-refractivity contribution in [3.8, 4) is 6.07 Å². The van der Waals surface area contributed by atoms with Crippen LogP contribution in [-0.2, 0) is 0 Å². The molecule has 1 aromatic heterocycles. The Balaban J connectivity index is 1.92. The van der Waals surface area contributed by atoms with Crippen molar-refractivity contribution in [2.45, 2.75) is 13.8 Å². The van der Waals surface area contributed by atoms with E-state index in [0.29, 0.717) is 29.6 Å². The summed E-state index contributed by atoms with van der Waals surface area (Å²) in [6.45, 7) is 4.80. The minimum atomic E-state index is 0.507. The molecule has 124 valence electrons. The molecule has 0 spiro atoms. The molecule has 0 amide bonds. The number of aryl methyl sites for hydroxylation is 1. The highest BCUT2D eigenvalue weighted by molar-refractivity contribution is 5.65. The van der Waals surface area contributed by atoms with E-state index in [1.54, 1.807) is 12.3 Å². The number of aromatic nitrogens is 3. The van der Waals surface area contributed by atoms with Gasteiger partial charge in [0.25, 0.3) is 5.95 Å². The summed E-state index contributed by atoms with van der Waals surface area (Å²) in [5, 5.41) is 20.6. The summed E-state index contributed by atoms with van der Waals surface area (Å²) >= 11 is 0. The van der Waals surface area contributed by atoms with Gasteiger partial charge in [-0.25, -0.2) is 0 Å². The minimum Gasteiger partial charge on any atom is -0.338 e. The van der Waals surface area contributed by atoms with Gasteiger partial charge >= 0.3 is 0 Å². The molecule has 2 aromatic carbocycles. The van der Waals surface area contributed by atoms with Gasteiger partial charge in [-0.1, -0.05) is 24.3 Å². The molecule has 1 N–H and O–H groups in total. The molecule has 3 aromatic rings. The third kappa shape index (κ3) is 3.72. The van der Waals surface area contributed by atoms with Crippen LogP contribution in [-0.4, -0.2) is 21.7 Å². The second kappa shape index (κ2) is 7.41. The van der Waals surface area contributed by atoms with Crippen LogP contribution in [0, 0.1) is 18.3 Å². The van der Waals surface area contributed by atoms with Gasteiger partial charge in [-0.05, 0) is 43.7 Å². The van der Waals surface area contributed by atoms with Crippen molar-refractivity contribution in [2.24, 2.45) is 0 Å². The van der Waals surface area contributed by atoms with Gasteiger partial charge in [0.2, 0.25) is 0 Å². The van der Waals surface area contributed by atoms with Crippen LogP contribution in [0.4, 0.5) is 23.1 Å². The molecule has 6 heteroatoms. The van der Waals surface area contributed by atoms with Gasteiger partial charge in [-0.15, -0.1) is 5.10 Å². The molecule has 0 atom stereocenters. The van der Waals surface area contributed by atoms with E-state index >= 15 is 0 Å². The van der Waals surface area contributed by atoms with Crippen LogP contribution in [0.1, 0.15) is 18.1 Å². The molecular formula is C19H18N6. The third-order valence-electron chi connectivity index (χ3n) is 3.73. The van der Waals surface area contributed by atoms with Crippen LogP contribution in [0.3, 0.4) is 0 Å². The average molecular weight is 330 g/mol. The summed E-state index contributed by atoms with van der Waals surface area (Å²) in [5.74, 6) is 1.05. The molecule has 0 unspecified atom stereocenters. The normalized spacial score (nSPS) is 10.1. The Morgan fingerprint density at radius 2 is 2.00 bits per heavy atom. The van der Waals surface area contributed by atoms with Gasteiger partial charge in [0.15, 0.2) is 5.82 Å². The second-order valence-electron chi connectivity index (χ2n) is 5.51. The molecule has 1 heterocycles. The summed E-state index contributed by atoms with van der Waals surface area (Å²) in [7, 11) is 0. The number of para-hydroxylation sites is 1. The van der Waals surface area contributed by atoms with Crippen molar-refractivity contribution in [1.29, 1.82) is 5.26 Å². The maximum Gasteiger partial charge on any atom is 0.251 e. The Bertz CT molecular complexity index is 916. The van der Waals surface area contributed by atoms with Crippen molar-refractivity contribution in [1.82, 2.24) is 15.2 Å². The lowest BCUT2D eigenvalue weighted by Gasteiger charge is -2.21. The molecule has 6 nitrogen and oxygen atoms in total. The van der Waals surface area contributed by atoms with Crippen molar-refractivity contribution < 1.29 is 0 Å². The lowest BCUT2D eigenvalue weighted by Crippen LogP contribution is -2.19. The highest BCUT2D eigenvalue weighted by atomic mass is 15.3. The first-order chi connectivity index (χ1) is 12.2. The van der Waals surface area contributed by atoms with Crippen molar-refractivity contribution in [2.75, 3.05) is 16.8 Å². The summed E-state index contributed by atoms with van der Waals surface area (Å²) in [5.41, 5.74) is 3.42. The lowest BCUT2D eigenvalue weighted by atomic mass is 10.2. The fourth-order valence-electron chi connectivity index (χ4n) is 2.53. The zero-order valence-electron chi connectivity index (χ0n) is 14.1. The fraction of sp³-hybridized carbons (Fsp3) is 0.158. The van der Waals surface area contributed by atoms with Gasteiger partial charge in [0.1, 0.15) is 6.07 Å². The van der Waals surface area contributed by atoms with Crippen LogP contribution in [0.25, 0.3) is 0 Å². The standard InChI is InChI=1S/C19H18N6/c1-3-25(16-9-6-7-14(2)11-16)19-23-18(13-21-24-19)22-17-10-5-4-8-15(17)12-20/h4-11,13H,3H2,1-2H3,(H,22,23,24). The first kappa shape index (κ1) is 16.4. The van der Waals surface area contributed by atoms with E-state index in [-0.39, 0.29) is 0 Å². The van der Waals surface area contributed by atoms with Gasteiger partial charge in [0, 0.05) is 12.2 Å². The molecular weight excluding hydrogens is 312 g/mol. The van der Waals surface area contributed by atoms with E-state index in [9.17, 15) is 5.26 Å². The maximum atomic E-state index is 9.21. The van der Waals surface area contributed by atoms with Crippen molar-refractivity contribution in [3.63, 3.8) is 0 Å². The zero-order chi connectivity index (χ0) is 17.6. The van der Waals surface area contributed by atoms with E-state index in [0.717, 1.165) is 5.69 Å². The van der Waals surface area contributed by atoms with Crippen molar-refractivity contribution in [3.05, 3.63) is 65.9 Å². The topological polar surface area (TPSA) is 77.7 Å². The van der Waals surface area contributed by atoms with Crippen LogP contribution >= 0.6 is 0 Å². The van der Waals surface area contributed by atoms with Gasteiger partial charge < -0.3 is 10.2 Å². The SMILES string of the molecule is CCN(c1cccc(C)c1)c1nncc(Nc2ccccc2C#N)n1. The van der Waals surface area contributed by atoms with Crippen LogP contribution in [0.2, 0.25) is 0 Å². The summed E-state index contributed by atoms with van der Waals surface area (Å²) < 4.78 is 0. The first-order valence-electron chi connectivity index (χ1n) is 8.01. The van der Waals surface area contributed by atoms with E-state index in [2.05, 4.69) is 32.6 Å². The first-order valence-corrected chi connectivity index (χ1v) is 8.01. The number of rotatable bonds is 5. The molecule has 25 heavy (non-hydrogen) atoms. The summed E-state index contributed by atoms with van der Waals surface area (Å²) in [6, 6.07) is 17.6. The Kier molecular flexibility index (Phi) is 4.86. The molecule has 0 saturated heterocycles. The monoisotopic (exact) mass is 330 g/mol. The van der Waals surface area contributed by atoms with Crippen molar-refractivity contribution >= 4 is 23.1 Å². The number of anilines is 4. The van der Waals surface area contributed by atoms with Crippen LogP contribution < -0.4 is 10.2 Å². The molecule has 0 bridgehead atoms. The van der Waals surface area contributed by atoms with E-state index in [4.69, 9.17) is 0 Å². The smallest absolute Gasteiger partial charge is 0.251 e. The van der Waals surface area contributed by atoms with E-state index < -0.39 is 0 Å². The van der Waals surface area contributed by atoms with Gasteiger partial charge in [-0.2, -0.15) is 15.3 Å². The van der Waals surface area contributed by atoms with E-state index in [1.807, 2.05) is 55.1 Å². The summed E-state index contributed by atoms with van der Waals surface area (Å²) in [4.78, 5) is 6.54. The quantitative estimate of drug-likeness (QED) is 0.763. The Hall–Kier alpha value is -3.46. The van der Waals surface area contributed by atoms with Crippen LogP contribution in [0.5, 0.6) is 0 Å². The predicted molar refractivity (Wildman–Crippen MR) is 98.1 cm³/mol. The highest BCUT2D eigenvalue weighted by Crippen LogP contribution is 2.24. The number of nitriles is 1.